The van der Waals surface area contributed by atoms with Gasteiger partial charge in [0.15, 0.2) is 0 Å². The summed E-state index contributed by atoms with van der Waals surface area (Å²) in [7, 11) is 0. The van der Waals surface area contributed by atoms with Crippen LogP contribution in [0.25, 0.3) is 11.5 Å². The number of hydrogen-bond acceptors (Lipinski definition) is 5. The Kier molecular flexibility index (Phi) is 3.47. The Bertz CT molecular complexity index is 743. The number of aromatic hydroxyl groups is 1. The molecule has 0 fully saturated rings. The third kappa shape index (κ3) is 2.70. The zero-order valence-corrected chi connectivity index (χ0v) is 11.9. The number of phenolic OH excluding ortho intramolecular Hbond substituents is 1. The van der Waals surface area contributed by atoms with Gasteiger partial charge in [-0.05, 0) is 45.8 Å². The van der Waals surface area contributed by atoms with Crippen LogP contribution in [0.3, 0.4) is 0 Å². The lowest BCUT2D eigenvalue weighted by atomic mass is 10.1. The van der Waals surface area contributed by atoms with Gasteiger partial charge in [0.05, 0.1) is 6.42 Å². The lowest BCUT2D eigenvalue weighted by molar-refractivity contribution is 0.385. The second-order valence-corrected chi connectivity index (χ2v) is 5.05. The summed E-state index contributed by atoms with van der Waals surface area (Å²) in [4.78, 5) is 8.53. The predicted octanol–water partition coefficient (Wildman–Crippen LogP) is 3.19. The molecule has 0 aliphatic rings. The Labute approximate surface area is 123 Å². The quantitative estimate of drug-likeness (QED) is 0.797. The van der Waals surface area contributed by atoms with E-state index in [-0.39, 0.29) is 5.75 Å². The Balaban J connectivity index is 1.86. The van der Waals surface area contributed by atoms with E-state index in [0.29, 0.717) is 23.8 Å². The minimum absolute atomic E-state index is 0.217. The molecule has 0 atom stereocenters. The summed E-state index contributed by atoms with van der Waals surface area (Å²) >= 11 is 3.40. The minimum Gasteiger partial charge on any atom is -0.508 e. The van der Waals surface area contributed by atoms with E-state index in [0.717, 1.165) is 10.0 Å². The molecule has 0 radical (unpaired) electrons. The van der Waals surface area contributed by atoms with Gasteiger partial charge in [-0.3, -0.25) is 4.98 Å². The Morgan fingerprint density at radius 3 is 2.90 bits per heavy atom. The summed E-state index contributed by atoms with van der Waals surface area (Å²) in [5.41, 5.74) is 1.54. The Morgan fingerprint density at radius 2 is 2.10 bits per heavy atom. The van der Waals surface area contributed by atoms with E-state index < -0.39 is 0 Å². The van der Waals surface area contributed by atoms with Crippen LogP contribution in [-0.4, -0.2) is 20.2 Å². The van der Waals surface area contributed by atoms with Crippen LogP contribution in [0.2, 0.25) is 0 Å². The van der Waals surface area contributed by atoms with Crippen LogP contribution in [-0.2, 0) is 6.42 Å². The van der Waals surface area contributed by atoms with Crippen molar-refractivity contribution in [3.63, 3.8) is 0 Å². The van der Waals surface area contributed by atoms with Gasteiger partial charge in [0.2, 0.25) is 11.7 Å². The number of phenols is 1. The molecule has 0 spiro atoms. The van der Waals surface area contributed by atoms with Crippen molar-refractivity contribution < 1.29 is 9.63 Å². The molecule has 6 heteroatoms. The number of hydrogen-bond donors (Lipinski definition) is 1. The number of pyridine rings is 1. The molecule has 3 rings (SSSR count). The SMILES string of the molecule is Oc1cccc(Cc2nc(-c3ncccc3Br)no2)c1. The largest absolute Gasteiger partial charge is 0.508 e. The van der Waals surface area contributed by atoms with E-state index in [1.807, 2.05) is 18.2 Å². The second-order valence-electron chi connectivity index (χ2n) is 4.19. The maximum Gasteiger partial charge on any atom is 0.231 e. The minimum atomic E-state index is 0.217. The van der Waals surface area contributed by atoms with E-state index in [1.165, 1.54) is 0 Å². The summed E-state index contributed by atoms with van der Waals surface area (Å²) in [6.45, 7) is 0. The van der Waals surface area contributed by atoms with E-state index in [2.05, 4.69) is 31.1 Å². The van der Waals surface area contributed by atoms with Crippen molar-refractivity contribution in [3.05, 3.63) is 58.5 Å². The fraction of sp³-hybridized carbons (Fsp3) is 0.0714. The van der Waals surface area contributed by atoms with Gasteiger partial charge < -0.3 is 9.63 Å². The first-order chi connectivity index (χ1) is 9.72. The highest BCUT2D eigenvalue weighted by atomic mass is 79.9. The number of halogens is 1. The van der Waals surface area contributed by atoms with Crippen LogP contribution < -0.4 is 0 Å². The monoisotopic (exact) mass is 331 g/mol. The standard InChI is InChI=1S/C14H10BrN3O2/c15-11-5-2-6-16-13(11)14-17-12(20-18-14)8-9-3-1-4-10(19)7-9/h1-7,19H,8H2. The summed E-state index contributed by atoms with van der Waals surface area (Å²) < 4.78 is 6.02. The van der Waals surface area contributed by atoms with E-state index >= 15 is 0 Å². The lowest BCUT2D eigenvalue weighted by Crippen LogP contribution is -1.90. The Hall–Kier alpha value is -2.21. The highest BCUT2D eigenvalue weighted by Gasteiger charge is 2.13. The zero-order chi connectivity index (χ0) is 13.9. The van der Waals surface area contributed by atoms with E-state index in [9.17, 15) is 5.11 Å². The van der Waals surface area contributed by atoms with E-state index in [4.69, 9.17) is 4.52 Å². The van der Waals surface area contributed by atoms with Gasteiger partial charge in [-0.1, -0.05) is 17.3 Å². The molecule has 0 bridgehead atoms. The molecule has 0 amide bonds. The number of benzene rings is 1. The molecule has 0 saturated carbocycles. The highest BCUT2D eigenvalue weighted by molar-refractivity contribution is 9.10. The molecule has 0 saturated heterocycles. The van der Waals surface area contributed by atoms with Crippen molar-refractivity contribution in [2.75, 3.05) is 0 Å². The number of aromatic nitrogens is 3. The third-order valence-electron chi connectivity index (χ3n) is 2.70. The van der Waals surface area contributed by atoms with Gasteiger partial charge in [0.25, 0.3) is 0 Å². The van der Waals surface area contributed by atoms with Crippen molar-refractivity contribution in [3.8, 4) is 17.3 Å². The molecule has 0 aliphatic heterocycles. The fourth-order valence-electron chi connectivity index (χ4n) is 1.81. The molecule has 3 aromatic rings. The molecule has 0 aliphatic carbocycles. The van der Waals surface area contributed by atoms with E-state index in [1.54, 1.807) is 24.4 Å². The van der Waals surface area contributed by atoms with Crippen LogP contribution in [0.4, 0.5) is 0 Å². The smallest absolute Gasteiger partial charge is 0.231 e. The van der Waals surface area contributed by atoms with Crippen LogP contribution in [0.5, 0.6) is 5.75 Å². The maximum atomic E-state index is 9.43. The average molecular weight is 332 g/mol. The van der Waals surface area contributed by atoms with Crippen LogP contribution >= 0.6 is 15.9 Å². The van der Waals surface area contributed by atoms with Gasteiger partial charge in [-0.15, -0.1) is 0 Å². The number of rotatable bonds is 3. The molecule has 100 valence electrons. The first-order valence-electron chi connectivity index (χ1n) is 5.94. The normalized spacial score (nSPS) is 10.7. The Morgan fingerprint density at radius 1 is 1.20 bits per heavy atom. The van der Waals surface area contributed by atoms with Crippen molar-refractivity contribution >= 4 is 15.9 Å². The van der Waals surface area contributed by atoms with Crippen molar-refractivity contribution in [2.24, 2.45) is 0 Å². The van der Waals surface area contributed by atoms with Crippen LogP contribution in [0, 0.1) is 0 Å². The molecular formula is C14H10BrN3O2. The zero-order valence-electron chi connectivity index (χ0n) is 10.3. The first-order valence-corrected chi connectivity index (χ1v) is 6.73. The van der Waals surface area contributed by atoms with Crippen molar-refractivity contribution in [1.29, 1.82) is 0 Å². The molecule has 0 unspecified atom stereocenters. The summed E-state index contributed by atoms with van der Waals surface area (Å²) in [6, 6.07) is 10.6. The van der Waals surface area contributed by atoms with Gasteiger partial charge >= 0.3 is 0 Å². The molecular weight excluding hydrogens is 322 g/mol. The van der Waals surface area contributed by atoms with Gasteiger partial charge in [-0.2, -0.15) is 4.98 Å². The summed E-state index contributed by atoms with van der Waals surface area (Å²) in [5.74, 6) is 1.13. The molecule has 2 aromatic heterocycles. The predicted molar refractivity (Wildman–Crippen MR) is 76.1 cm³/mol. The molecule has 20 heavy (non-hydrogen) atoms. The molecule has 1 aromatic carbocycles. The third-order valence-corrected chi connectivity index (χ3v) is 3.34. The highest BCUT2D eigenvalue weighted by Crippen LogP contribution is 2.23. The lowest BCUT2D eigenvalue weighted by Gasteiger charge is -1.97. The molecule has 2 heterocycles. The van der Waals surface area contributed by atoms with Gasteiger partial charge in [-0.25, -0.2) is 0 Å². The van der Waals surface area contributed by atoms with Crippen LogP contribution in [0.1, 0.15) is 11.5 Å². The second kappa shape index (κ2) is 5.42. The first kappa shape index (κ1) is 12.8. The topological polar surface area (TPSA) is 72.0 Å². The molecule has 5 nitrogen and oxygen atoms in total. The fourth-order valence-corrected chi connectivity index (χ4v) is 2.25. The van der Waals surface area contributed by atoms with Crippen molar-refractivity contribution in [2.45, 2.75) is 6.42 Å². The summed E-state index contributed by atoms with van der Waals surface area (Å²) in [6.07, 6.45) is 2.14. The summed E-state index contributed by atoms with van der Waals surface area (Å²) in [5, 5.41) is 13.4. The number of nitrogens with zero attached hydrogens (tertiary/aromatic N) is 3. The average Bonchev–Trinajstić information content (AvgIpc) is 2.87. The maximum absolute atomic E-state index is 9.43. The van der Waals surface area contributed by atoms with Crippen LogP contribution in [0.15, 0.2) is 51.6 Å². The van der Waals surface area contributed by atoms with Crippen molar-refractivity contribution in [1.82, 2.24) is 15.1 Å². The molecule has 1 N–H and O–H groups in total. The van der Waals surface area contributed by atoms with Gasteiger partial charge in [0, 0.05) is 10.7 Å². The van der Waals surface area contributed by atoms with Gasteiger partial charge in [0.1, 0.15) is 11.4 Å².